The first-order valence-corrected chi connectivity index (χ1v) is 6.56. The van der Waals surface area contributed by atoms with E-state index in [2.05, 4.69) is 26.0 Å². The summed E-state index contributed by atoms with van der Waals surface area (Å²) in [5, 5.41) is 3.01. The van der Waals surface area contributed by atoms with Crippen molar-refractivity contribution < 1.29 is 17.9 Å². The van der Waals surface area contributed by atoms with Gasteiger partial charge in [0.2, 0.25) is 0 Å². The van der Waals surface area contributed by atoms with Crippen molar-refractivity contribution in [3.05, 3.63) is 58.3 Å². The SMILES string of the molecule is Fc1cc(CNc2cccc(OC(F)F)c2)ccc1Br. The molecule has 0 heterocycles. The molecule has 2 rings (SSSR count). The van der Waals surface area contributed by atoms with Crippen LogP contribution in [-0.2, 0) is 6.54 Å². The lowest BCUT2D eigenvalue weighted by Crippen LogP contribution is -2.03. The Morgan fingerprint density at radius 1 is 1.15 bits per heavy atom. The first kappa shape index (κ1) is 14.7. The quantitative estimate of drug-likeness (QED) is 0.840. The largest absolute Gasteiger partial charge is 0.435 e. The summed E-state index contributed by atoms with van der Waals surface area (Å²) in [6.07, 6.45) is 0. The lowest BCUT2D eigenvalue weighted by Gasteiger charge is -2.09. The van der Waals surface area contributed by atoms with Crippen molar-refractivity contribution in [3.8, 4) is 5.75 Å². The number of hydrogen-bond acceptors (Lipinski definition) is 2. The van der Waals surface area contributed by atoms with Crippen molar-refractivity contribution in [3.63, 3.8) is 0 Å². The van der Waals surface area contributed by atoms with Crippen LogP contribution in [0.2, 0.25) is 0 Å². The topological polar surface area (TPSA) is 21.3 Å². The molecule has 0 radical (unpaired) electrons. The Morgan fingerprint density at radius 2 is 1.95 bits per heavy atom. The molecule has 1 N–H and O–H groups in total. The number of rotatable bonds is 5. The van der Waals surface area contributed by atoms with E-state index in [0.717, 1.165) is 5.56 Å². The summed E-state index contributed by atoms with van der Waals surface area (Å²) in [7, 11) is 0. The first-order chi connectivity index (χ1) is 9.54. The van der Waals surface area contributed by atoms with Gasteiger partial charge in [0.15, 0.2) is 0 Å². The predicted octanol–water partition coefficient (Wildman–Crippen LogP) is 4.80. The molecule has 0 aliphatic rings. The third kappa shape index (κ3) is 4.16. The van der Waals surface area contributed by atoms with E-state index in [-0.39, 0.29) is 11.6 Å². The smallest absolute Gasteiger partial charge is 0.387 e. The van der Waals surface area contributed by atoms with E-state index in [4.69, 9.17) is 0 Å². The van der Waals surface area contributed by atoms with Gasteiger partial charge in [-0.15, -0.1) is 0 Å². The molecule has 0 saturated carbocycles. The normalized spacial score (nSPS) is 10.7. The highest BCUT2D eigenvalue weighted by atomic mass is 79.9. The van der Waals surface area contributed by atoms with Crippen LogP contribution in [0.3, 0.4) is 0 Å². The molecule has 0 aromatic heterocycles. The predicted molar refractivity (Wildman–Crippen MR) is 74.5 cm³/mol. The zero-order valence-corrected chi connectivity index (χ0v) is 11.8. The maximum absolute atomic E-state index is 13.3. The van der Waals surface area contributed by atoms with Gasteiger partial charge < -0.3 is 10.1 Å². The minimum atomic E-state index is -2.86. The van der Waals surface area contributed by atoms with Crippen molar-refractivity contribution in [1.82, 2.24) is 0 Å². The number of anilines is 1. The molecule has 0 saturated heterocycles. The van der Waals surface area contributed by atoms with E-state index in [9.17, 15) is 13.2 Å². The molecule has 0 fully saturated rings. The number of benzene rings is 2. The average Bonchev–Trinajstić information content (AvgIpc) is 2.40. The highest BCUT2D eigenvalue weighted by Gasteiger charge is 2.05. The van der Waals surface area contributed by atoms with Crippen LogP contribution in [-0.4, -0.2) is 6.61 Å². The van der Waals surface area contributed by atoms with Crippen molar-refractivity contribution in [1.29, 1.82) is 0 Å². The summed E-state index contributed by atoms with van der Waals surface area (Å²) in [5.74, 6) is -0.272. The van der Waals surface area contributed by atoms with Crippen LogP contribution in [0, 0.1) is 5.82 Å². The molecule has 0 aliphatic carbocycles. The van der Waals surface area contributed by atoms with Gasteiger partial charge in [-0.3, -0.25) is 0 Å². The van der Waals surface area contributed by atoms with Gasteiger partial charge in [0.1, 0.15) is 11.6 Å². The third-order valence-electron chi connectivity index (χ3n) is 2.54. The van der Waals surface area contributed by atoms with E-state index in [0.29, 0.717) is 16.7 Å². The maximum atomic E-state index is 13.3. The second-order valence-electron chi connectivity index (χ2n) is 4.01. The van der Waals surface area contributed by atoms with Crippen LogP contribution >= 0.6 is 15.9 Å². The number of ether oxygens (including phenoxy) is 1. The van der Waals surface area contributed by atoms with Gasteiger partial charge in [-0.1, -0.05) is 12.1 Å². The second-order valence-corrected chi connectivity index (χ2v) is 4.86. The molecule has 0 bridgehead atoms. The van der Waals surface area contributed by atoms with Crippen LogP contribution in [0.1, 0.15) is 5.56 Å². The monoisotopic (exact) mass is 345 g/mol. The standard InChI is InChI=1S/C14H11BrF3NO/c15-12-5-4-9(6-13(12)16)8-19-10-2-1-3-11(7-10)20-14(17)18/h1-7,14,19H,8H2. The van der Waals surface area contributed by atoms with Gasteiger partial charge in [0.25, 0.3) is 0 Å². The molecule has 6 heteroatoms. The number of hydrogen-bond donors (Lipinski definition) is 1. The van der Waals surface area contributed by atoms with E-state index in [1.165, 1.54) is 18.2 Å². The van der Waals surface area contributed by atoms with Crippen molar-refractivity contribution in [2.75, 3.05) is 5.32 Å². The van der Waals surface area contributed by atoms with Gasteiger partial charge in [-0.25, -0.2) is 4.39 Å². The third-order valence-corrected chi connectivity index (χ3v) is 3.18. The van der Waals surface area contributed by atoms with Gasteiger partial charge in [-0.2, -0.15) is 8.78 Å². The summed E-state index contributed by atoms with van der Waals surface area (Å²) in [6.45, 7) is -2.48. The molecule has 0 unspecified atom stereocenters. The fraction of sp³-hybridized carbons (Fsp3) is 0.143. The molecule has 20 heavy (non-hydrogen) atoms. The van der Waals surface area contributed by atoms with Crippen LogP contribution in [0.5, 0.6) is 5.75 Å². The van der Waals surface area contributed by atoms with Crippen LogP contribution in [0.25, 0.3) is 0 Å². The molecular weight excluding hydrogens is 335 g/mol. The van der Waals surface area contributed by atoms with Crippen molar-refractivity contribution in [2.24, 2.45) is 0 Å². The minimum Gasteiger partial charge on any atom is -0.435 e. The highest BCUT2D eigenvalue weighted by molar-refractivity contribution is 9.10. The van der Waals surface area contributed by atoms with E-state index < -0.39 is 6.61 Å². The average molecular weight is 346 g/mol. The van der Waals surface area contributed by atoms with Crippen molar-refractivity contribution >= 4 is 21.6 Å². The molecule has 0 amide bonds. The van der Waals surface area contributed by atoms with E-state index in [1.54, 1.807) is 24.3 Å². The van der Waals surface area contributed by atoms with Gasteiger partial charge in [0.05, 0.1) is 4.47 Å². The maximum Gasteiger partial charge on any atom is 0.387 e. The van der Waals surface area contributed by atoms with Crippen molar-refractivity contribution in [2.45, 2.75) is 13.2 Å². The molecule has 0 spiro atoms. The van der Waals surface area contributed by atoms with Gasteiger partial charge in [0, 0.05) is 18.3 Å². The summed E-state index contributed by atoms with van der Waals surface area (Å²) in [4.78, 5) is 0. The minimum absolute atomic E-state index is 0.0759. The Hall–Kier alpha value is -1.69. The summed E-state index contributed by atoms with van der Waals surface area (Å²) >= 11 is 3.07. The Balaban J connectivity index is 2.01. The zero-order valence-electron chi connectivity index (χ0n) is 10.2. The van der Waals surface area contributed by atoms with E-state index in [1.807, 2.05) is 0 Å². The number of nitrogens with one attached hydrogen (secondary N) is 1. The molecule has 0 aliphatic heterocycles. The fourth-order valence-corrected chi connectivity index (χ4v) is 1.88. The molecule has 0 atom stereocenters. The molecule has 2 aromatic rings. The van der Waals surface area contributed by atoms with Crippen LogP contribution in [0.4, 0.5) is 18.9 Å². The zero-order chi connectivity index (χ0) is 14.5. The molecule has 2 nitrogen and oxygen atoms in total. The van der Waals surface area contributed by atoms with E-state index >= 15 is 0 Å². The molecular formula is C14H11BrF3NO. The lowest BCUT2D eigenvalue weighted by molar-refractivity contribution is -0.0498. The van der Waals surface area contributed by atoms with Gasteiger partial charge >= 0.3 is 6.61 Å². The lowest BCUT2D eigenvalue weighted by atomic mass is 10.2. The Bertz CT molecular complexity index is 592. The fourth-order valence-electron chi connectivity index (χ4n) is 1.64. The Labute approximate surface area is 122 Å². The number of alkyl halides is 2. The van der Waals surface area contributed by atoms with Gasteiger partial charge in [-0.05, 0) is 45.8 Å². The first-order valence-electron chi connectivity index (χ1n) is 5.77. The number of halogens is 4. The molecule has 106 valence electrons. The second kappa shape index (κ2) is 6.65. The summed E-state index contributed by atoms with van der Waals surface area (Å²) in [5.41, 5.74) is 1.36. The Morgan fingerprint density at radius 3 is 2.65 bits per heavy atom. The summed E-state index contributed by atoms with van der Waals surface area (Å²) in [6, 6.07) is 11.0. The molecule has 2 aromatic carbocycles. The summed E-state index contributed by atoms with van der Waals surface area (Å²) < 4.78 is 42.2. The van der Waals surface area contributed by atoms with Crippen LogP contribution in [0.15, 0.2) is 46.9 Å². The Kier molecular flexibility index (Phi) is 4.89. The highest BCUT2D eigenvalue weighted by Crippen LogP contribution is 2.21. The van der Waals surface area contributed by atoms with Crippen LogP contribution < -0.4 is 10.1 Å².